The van der Waals surface area contributed by atoms with Crippen molar-refractivity contribution in [2.45, 2.75) is 39.8 Å². The number of hydrogen-bond donors (Lipinski definition) is 1. The summed E-state index contributed by atoms with van der Waals surface area (Å²) in [6, 6.07) is 0.267. The van der Waals surface area contributed by atoms with Crippen LogP contribution in [0.4, 0.5) is 0 Å². The summed E-state index contributed by atoms with van der Waals surface area (Å²) < 4.78 is 5.48. The molecule has 0 amide bonds. The van der Waals surface area contributed by atoms with Crippen molar-refractivity contribution >= 4 is 0 Å². The van der Waals surface area contributed by atoms with Gasteiger partial charge in [0.2, 0.25) is 0 Å². The van der Waals surface area contributed by atoms with Crippen LogP contribution in [-0.2, 0) is 4.74 Å². The quantitative estimate of drug-likeness (QED) is 0.677. The van der Waals surface area contributed by atoms with Gasteiger partial charge in [0, 0.05) is 19.1 Å². The molecule has 86 valence electrons. The van der Waals surface area contributed by atoms with Gasteiger partial charge < -0.3 is 15.4 Å². The van der Waals surface area contributed by atoms with Crippen LogP contribution in [0, 0.1) is 5.92 Å². The zero-order valence-corrected chi connectivity index (χ0v) is 10.3. The molecule has 0 aliphatic carbocycles. The summed E-state index contributed by atoms with van der Waals surface area (Å²) in [6.07, 6.45) is 0.328. The summed E-state index contributed by atoms with van der Waals surface area (Å²) >= 11 is 0. The first-order valence-electron chi connectivity index (χ1n) is 5.49. The van der Waals surface area contributed by atoms with Gasteiger partial charge in [0.15, 0.2) is 0 Å². The van der Waals surface area contributed by atoms with Gasteiger partial charge in [-0.15, -0.1) is 0 Å². The number of likely N-dealkylation sites (N-methyl/N-ethyl adjacent to an activating group) is 1. The number of ether oxygens (including phenoxy) is 1. The second-order valence-corrected chi connectivity index (χ2v) is 4.52. The molecule has 0 aromatic carbocycles. The van der Waals surface area contributed by atoms with E-state index >= 15 is 0 Å². The molecule has 0 fully saturated rings. The fourth-order valence-corrected chi connectivity index (χ4v) is 1.19. The van der Waals surface area contributed by atoms with Crippen LogP contribution in [0.1, 0.15) is 27.7 Å². The van der Waals surface area contributed by atoms with Gasteiger partial charge in [0.05, 0.1) is 12.7 Å². The average molecular weight is 202 g/mol. The van der Waals surface area contributed by atoms with Crippen molar-refractivity contribution in [3.05, 3.63) is 0 Å². The molecule has 0 aliphatic rings. The lowest BCUT2D eigenvalue weighted by atomic mass is 10.0. The Hall–Kier alpha value is -0.120. The molecule has 0 aromatic heterocycles. The van der Waals surface area contributed by atoms with Gasteiger partial charge in [-0.05, 0) is 33.7 Å². The highest BCUT2D eigenvalue weighted by Gasteiger charge is 2.10. The van der Waals surface area contributed by atoms with Gasteiger partial charge in [0.25, 0.3) is 0 Å². The fourth-order valence-electron chi connectivity index (χ4n) is 1.19. The first-order chi connectivity index (χ1) is 6.43. The second kappa shape index (κ2) is 7.21. The van der Waals surface area contributed by atoms with Crippen molar-refractivity contribution in [1.29, 1.82) is 0 Å². The Bertz CT molecular complexity index is 137. The Balaban J connectivity index is 3.50. The summed E-state index contributed by atoms with van der Waals surface area (Å²) in [4.78, 5) is 2.27. The summed E-state index contributed by atoms with van der Waals surface area (Å²) in [6.45, 7) is 11.2. The van der Waals surface area contributed by atoms with E-state index in [4.69, 9.17) is 10.5 Å². The normalized spacial score (nSPS) is 16.3. The van der Waals surface area contributed by atoms with E-state index in [1.807, 2.05) is 0 Å². The Labute approximate surface area is 88.6 Å². The summed E-state index contributed by atoms with van der Waals surface area (Å²) in [5.41, 5.74) is 5.80. The van der Waals surface area contributed by atoms with Crippen molar-refractivity contribution in [2.24, 2.45) is 11.7 Å². The van der Waals surface area contributed by atoms with Gasteiger partial charge in [-0.25, -0.2) is 0 Å². The van der Waals surface area contributed by atoms with E-state index in [-0.39, 0.29) is 6.04 Å². The topological polar surface area (TPSA) is 38.5 Å². The van der Waals surface area contributed by atoms with Crippen molar-refractivity contribution in [2.75, 3.05) is 26.7 Å². The minimum absolute atomic E-state index is 0.267. The fraction of sp³-hybridized carbons (Fsp3) is 1.00. The van der Waals surface area contributed by atoms with Gasteiger partial charge in [-0.1, -0.05) is 6.92 Å². The van der Waals surface area contributed by atoms with Crippen LogP contribution < -0.4 is 5.73 Å². The monoisotopic (exact) mass is 202 g/mol. The van der Waals surface area contributed by atoms with Crippen LogP contribution in [0.3, 0.4) is 0 Å². The molecule has 0 saturated carbocycles. The van der Waals surface area contributed by atoms with E-state index in [9.17, 15) is 0 Å². The Morgan fingerprint density at radius 3 is 2.21 bits per heavy atom. The molecule has 2 N–H and O–H groups in total. The zero-order chi connectivity index (χ0) is 11.1. The molecule has 0 bridgehead atoms. The highest BCUT2D eigenvalue weighted by atomic mass is 16.5. The van der Waals surface area contributed by atoms with E-state index in [1.54, 1.807) is 0 Å². The summed E-state index contributed by atoms with van der Waals surface area (Å²) in [7, 11) is 2.11. The van der Waals surface area contributed by atoms with Crippen molar-refractivity contribution in [3.8, 4) is 0 Å². The van der Waals surface area contributed by atoms with Crippen molar-refractivity contribution in [3.63, 3.8) is 0 Å². The van der Waals surface area contributed by atoms with Gasteiger partial charge >= 0.3 is 0 Å². The average Bonchev–Trinajstić information content (AvgIpc) is 2.02. The first kappa shape index (κ1) is 13.9. The number of hydrogen-bond acceptors (Lipinski definition) is 3. The molecule has 0 saturated heterocycles. The lowest BCUT2D eigenvalue weighted by Crippen LogP contribution is -2.35. The van der Waals surface area contributed by atoms with E-state index in [1.165, 1.54) is 0 Å². The minimum Gasteiger partial charge on any atom is -0.377 e. The zero-order valence-electron chi connectivity index (χ0n) is 10.3. The molecular weight excluding hydrogens is 176 g/mol. The molecular formula is C11H26N2O. The van der Waals surface area contributed by atoms with Crippen LogP contribution in [0.15, 0.2) is 0 Å². The summed E-state index contributed by atoms with van der Waals surface area (Å²) in [5, 5.41) is 0. The predicted octanol–water partition coefficient (Wildman–Crippen LogP) is 1.33. The molecule has 3 heteroatoms. The standard InChI is InChI=1S/C11H26N2O/c1-9(2)14-7-6-13(5)8-10(3)11(4)12/h9-11H,6-8,12H2,1-5H3. The molecule has 2 atom stereocenters. The Morgan fingerprint density at radius 2 is 1.79 bits per heavy atom. The number of rotatable bonds is 7. The lowest BCUT2D eigenvalue weighted by molar-refractivity contribution is 0.0611. The Kier molecular flexibility index (Phi) is 7.15. The van der Waals surface area contributed by atoms with E-state index in [0.29, 0.717) is 12.0 Å². The number of nitrogens with two attached hydrogens (primary N) is 1. The SMILES string of the molecule is CC(C)OCCN(C)CC(C)C(C)N. The molecule has 0 heterocycles. The molecule has 0 radical (unpaired) electrons. The van der Waals surface area contributed by atoms with Crippen LogP contribution in [0.25, 0.3) is 0 Å². The van der Waals surface area contributed by atoms with Crippen LogP contribution in [-0.4, -0.2) is 43.8 Å². The minimum atomic E-state index is 0.267. The first-order valence-corrected chi connectivity index (χ1v) is 5.49. The highest BCUT2D eigenvalue weighted by Crippen LogP contribution is 2.01. The molecule has 3 nitrogen and oxygen atoms in total. The lowest BCUT2D eigenvalue weighted by Gasteiger charge is -2.23. The largest absolute Gasteiger partial charge is 0.377 e. The summed E-state index contributed by atoms with van der Waals surface area (Å²) in [5.74, 6) is 0.541. The maximum Gasteiger partial charge on any atom is 0.0596 e. The smallest absolute Gasteiger partial charge is 0.0596 e. The predicted molar refractivity (Wildman–Crippen MR) is 61.4 cm³/mol. The third-order valence-electron chi connectivity index (χ3n) is 2.42. The molecule has 0 aliphatic heterocycles. The molecule has 2 unspecified atom stereocenters. The van der Waals surface area contributed by atoms with Gasteiger partial charge in [0.1, 0.15) is 0 Å². The van der Waals surface area contributed by atoms with Crippen molar-refractivity contribution < 1.29 is 4.74 Å². The highest BCUT2D eigenvalue weighted by molar-refractivity contribution is 4.67. The van der Waals surface area contributed by atoms with E-state index in [0.717, 1.165) is 19.7 Å². The van der Waals surface area contributed by atoms with E-state index < -0.39 is 0 Å². The van der Waals surface area contributed by atoms with Crippen LogP contribution in [0.2, 0.25) is 0 Å². The molecule has 0 aromatic rings. The maximum absolute atomic E-state index is 5.80. The molecule has 14 heavy (non-hydrogen) atoms. The van der Waals surface area contributed by atoms with Crippen molar-refractivity contribution in [1.82, 2.24) is 4.90 Å². The maximum atomic E-state index is 5.80. The van der Waals surface area contributed by atoms with Gasteiger partial charge in [-0.3, -0.25) is 0 Å². The number of nitrogens with zero attached hydrogens (tertiary/aromatic N) is 1. The third kappa shape index (κ3) is 7.30. The third-order valence-corrected chi connectivity index (χ3v) is 2.42. The van der Waals surface area contributed by atoms with E-state index in [2.05, 4.69) is 39.6 Å². The second-order valence-electron chi connectivity index (χ2n) is 4.52. The Morgan fingerprint density at radius 1 is 1.21 bits per heavy atom. The van der Waals surface area contributed by atoms with Crippen LogP contribution >= 0.6 is 0 Å². The van der Waals surface area contributed by atoms with Crippen LogP contribution in [0.5, 0.6) is 0 Å². The van der Waals surface area contributed by atoms with Gasteiger partial charge in [-0.2, -0.15) is 0 Å². The molecule has 0 spiro atoms. The molecule has 0 rings (SSSR count).